The van der Waals surface area contributed by atoms with Crippen molar-refractivity contribution in [1.29, 1.82) is 0 Å². The van der Waals surface area contributed by atoms with E-state index in [9.17, 15) is 9.90 Å². The monoisotopic (exact) mass is 486 g/mol. The van der Waals surface area contributed by atoms with Crippen molar-refractivity contribution in [2.24, 2.45) is 5.92 Å². The number of ketones is 1. The number of carbonyl (C=O) groups excluding carboxylic acids is 1. The topological polar surface area (TPSA) is 37.3 Å². The second-order valence-corrected chi connectivity index (χ2v) is 9.81. The van der Waals surface area contributed by atoms with Crippen molar-refractivity contribution >= 4 is 29.0 Å². The van der Waals surface area contributed by atoms with Crippen LogP contribution < -0.4 is 0 Å². The van der Waals surface area contributed by atoms with Gasteiger partial charge in [-0.05, 0) is 65.4 Å². The van der Waals surface area contributed by atoms with Gasteiger partial charge in [0, 0.05) is 21.5 Å². The minimum atomic E-state index is -1.37. The average molecular weight is 487 g/mol. The molecular weight excluding hydrogens is 463 g/mol. The molecule has 170 valence electrons. The van der Waals surface area contributed by atoms with Crippen LogP contribution in [-0.2, 0) is 5.60 Å². The molecule has 1 aliphatic carbocycles. The fourth-order valence-electron chi connectivity index (χ4n) is 5.45. The maximum atomic E-state index is 14.1. The molecule has 4 unspecified atom stereocenters. The Hall–Kier alpha value is -2.91. The average Bonchev–Trinajstić information content (AvgIpc) is 3.19. The van der Waals surface area contributed by atoms with E-state index < -0.39 is 11.5 Å². The van der Waals surface area contributed by atoms with Crippen LogP contribution in [0.4, 0.5) is 0 Å². The predicted molar refractivity (Wildman–Crippen MR) is 138 cm³/mol. The maximum Gasteiger partial charge on any atom is 0.169 e. The normalized spacial score (nSPS) is 24.1. The summed E-state index contributed by atoms with van der Waals surface area (Å²) in [6.45, 7) is 0. The van der Waals surface area contributed by atoms with Gasteiger partial charge in [0.15, 0.2) is 5.78 Å². The Morgan fingerprint density at radius 2 is 1.21 bits per heavy atom. The molecule has 4 atom stereocenters. The molecule has 0 aromatic heterocycles. The lowest BCUT2D eigenvalue weighted by molar-refractivity contribution is -0.000251. The molecule has 0 bridgehead atoms. The number of aliphatic hydroxyl groups is 1. The van der Waals surface area contributed by atoms with E-state index in [1.54, 1.807) is 36.4 Å². The molecule has 4 aromatic rings. The van der Waals surface area contributed by atoms with Crippen LogP contribution in [0.15, 0.2) is 109 Å². The summed E-state index contributed by atoms with van der Waals surface area (Å²) in [4.78, 5) is 14.1. The Kier molecular flexibility index (Phi) is 6.31. The molecular formula is C30H24Cl2O2. The van der Waals surface area contributed by atoms with Gasteiger partial charge in [-0.15, -0.1) is 0 Å². The van der Waals surface area contributed by atoms with E-state index in [4.69, 9.17) is 23.2 Å². The van der Waals surface area contributed by atoms with Gasteiger partial charge in [0.05, 0.1) is 5.92 Å². The minimum absolute atomic E-state index is 0.0504. The van der Waals surface area contributed by atoms with Gasteiger partial charge in [0.1, 0.15) is 5.60 Å². The first kappa shape index (κ1) is 22.9. The quantitative estimate of drug-likeness (QED) is 0.294. The van der Waals surface area contributed by atoms with E-state index in [2.05, 4.69) is 24.3 Å². The minimum Gasteiger partial charge on any atom is -0.384 e. The van der Waals surface area contributed by atoms with Crippen LogP contribution in [0.2, 0.25) is 10.0 Å². The Bertz CT molecular complexity index is 1270. The smallest absolute Gasteiger partial charge is 0.169 e. The standard InChI is InChI=1S/C30H24Cl2O2/c31-24-15-11-22(12-16-24)29(33)28-27(21-9-5-2-6-10-21)26(20-7-3-1-4-8-20)19-30(28,34)23-13-17-25(32)18-14-23/h1-18,26-28,34H,19H2. The maximum absolute atomic E-state index is 14.1. The highest BCUT2D eigenvalue weighted by Gasteiger charge is 2.57. The molecule has 0 saturated heterocycles. The lowest BCUT2D eigenvalue weighted by Gasteiger charge is -2.33. The van der Waals surface area contributed by atoms with Crippen molar-refractivity contribution in [2.75, 3.05) is 0 Å². The molecule has 1 saturated carbocycles. The lowest BCUT2D eigenvalue weighted by atomic mass is 9.73. The predicted octanol–water partition coefficient (Wildman–Crippen LogP) is 7.65. The molecule has 0 aliphatic heterocycles. The van der Waals surface area contributed by atoms with Crippen molar-refractivity contribution in [3.63, 3.8) is 0 Å². The van der Waals surface area contributed by atoms with Crippen molar-refractivity contribution < 1.29 is 9.90 Å². The molecule has 4 aromatic carbocycles. The summed E-state index contributed by atoms with van der Waals surface area (Å²) in [6, 6.07) is 34.3. The molecule has 1 N–H and O–H groups in total. The third-order valence-electron chi connectivity index (χ3n) is 7.01. The fraction of sp³-hybridized carbons (Fsp3) is 0.167. The summed E-state index contributed by atoms with van der Waals surface area (Å²) in [5, 5.41) is 13.5. The largest absolute Gasteiger partial charge is 0.384 e. The summed E-state index contributed by atoms with van der Waals surface area (Å²) in [6.07, 6.45) is 0.419. The summed E-state index contributed by atoms with van der Waals surface area (Å²) in [5.74, 6) is -1.05. The van der Waals surface area contributed by atoms with Crippen molar-refractivity contribution in [2.45, 2.75) is 23.9 Å². The molecule has 4 heteroatoms. The molecule has 2 nitrogen and oxygen atoms in total. The molecule has 1 fully saturated rings. The van der Waals surface area contributed by atoms with Crippen LogP contribution in [0.5, 0.6) is 0 Å². The second-order valence-electron chi connectivity index (χ2n) is 8.94. The van der Waals surface area contributed by atoms with Crippen molar-refractivity contribution in [1.82, 2.24) is 0 Å². The second kappa shape index (κ2) is 9.38. The third kappa shape index (κ3) is 4.18. The zero-order valence-corrected chi connectivity index (χ0v) is 20.0. The molecule has 0 heterocycles. The van der Waals surface area contributed by atoms with Crippen LogP contribution >= 0.6 is 23.2 Å². The van der Waals surface area contributed by atoms with Crippen molar-refractivity contribution in [3.8, 4) is 0 Å². The van der Waals surface area contributed by atoms with Gasteiger partial charge in [-0.1, -0.05) is 96.0 Å². The summed E-state index contributed by atoms with van der Waals surface area (Å²) >= 11 is 12.3. The van der Waals surface area contributed by atoms with E-state index in [1.165, 1.54) is 0 Å². The number of Topliss-reactive ketones (excluding diaryl/α,β-unsaturated/α-hetero) is 1. The molecule has 0 spiro atoms. The van der Waals surface area contributed by atoms with Gasteiger partial charge in [-0.2, -0.15) is 0 Å². The zero-order valence-electron chi connectivity index (χ0n) is 18.4. The van der Waals surface area contributed by atoms with E-state index in [0.717, 1.165) is 11.1 Å². The van der Waals surface area contributed by atoms with Gasteiger partial charge in [0.2, 0.25) is 0 Å². The molecule has 0 amide bonds. The number of rotatable bonds is 5. The first-order valence-corrected chi connectivity index (χ1v) is 12.1. The Balaban J connectivity index is 1.72. The van der Waals surface area contributed by atoms with Gasteiger partial charge in [-0.25, -0.2) is 0 Å². The summed E-state index contributed by atoms with van der Waals surface area (Å²) in [7, 11) is 0. The van der Waals surface area contributed by atoms with Crippen molar-refractivity contribution in [3.05, 3.63) is 141 Å². The van der Waals surface area contributed by atoms with E-state index in [-0.39, 0.29) is 17.6 Å². The number of hydrogen-bond acceptors (Lipinski definition) is 2. The Morgan fingerprint density at radius 3 is 1.76 bits per heavy atom. The molecule has 1 aliphatic rings. The van der Waals surface area contributed by atoms with Gasteiger partial charge in [-0.3, -0.25) is 4.79 Å². The SMILES string of the molecule is O=C(c1ccc(Cl)cc1)C1C(c2ccccc2)C(c2ccccc2)CC1(O)c1ccc(Cl)cc1. The highest BCUT2D eigenvalue weighted by Crippen LogP contribution is 2.59. The van der Waals surface area contributed by atoms with Gasteiger partial charge in [0.25, 0.3) is 0 Å². The summed E-state index contributed by atoms with van der Waals surface area (Å²) in [5.41, 5.74) is 2.01. The molecule has 5 rings (SSSR count). The number of halogens is 2. The first-order valence-electron chi connectivity index (χ1n) is 11.4. The van der Waals surface area contributed by atoms with Gasteiger partial charge < -0.3 is 5.11 Å². The highest BCUT2D eigenvalue weighted by molar-refractivity contribution is 6.31. The third-order valence-corrected chi connectivity index (χ3v) is 7.51. The summed E-state index contributed by atoms with van der Waals surface area (Å²) < 4.78 is 0. The van der Waals surface area contributed by atoms with Crippen LogP contribution in [0.3, 0.4) is 0 Å². The molecule has 34 heavy (non-hydrogen) atoms. The van der Waals surface area contributed by atoms with E-state index >= 15 is 0 Å². The van der Waals surface area contributed by atoms with Gasteiger partial charge >= 0.3 is 0 Å². The van der Waals surface area contributed by atoms with Crippen LogP contribution in [0.25, 0.3) is 0 Å². The van der Waals surface area contributed by atoms with Crippen LogP contribution in [0, 0.1) is 5.92 Å². The van der Waals surface area contributed by atoms with E-state index in [0.29, 0.717) is 27.6 Å². The lowest BCUT2D eigenvalue weighted by Crippen LogP contribution is -2.38. The number of benzene rings is 4. The number of hydrogen-bond donors (Lipinski definition) is 1. The fourth-order valence-corrected chi connectivity index (χ4v) is 5.71. The molecule has 0 radical (unpaired) electrons. The highest BCUT2D eigenvalue weighted by atomic mass is 35.5. The van der Waals surface area contributed by atoms with E-state index in [1.807, 2.05) is 48.5 Å². The Labute approximate surface area is 209 Å². The van der Waals surface area contributed by atoms with Crippen LogP contribution in [0.1, 0.15) is 45.3 Å². The number of carbonyl (C=O) groups is 1. The zero-order chi connectivity index (χ0) is 23.7. The first-order chi connectivity index (χ1) is 16.5. The van der Waals surface area contributed by atoms with Crippen LogP contribution in [-0.4, -0.2) is 10.9 Å². The Morgan fingerprint density at radius 1 is 0.706 bits per heavy atom.